The number of ether oxygens (including phenoxy) is 1. The number of anilines is 1. The monoisotopic (exact) mass is 474 g/mol. The molecule has 1 spiro atoms. The number of aryl methyl sites for hydroxylation is 1. The molecule has 5 atom stereocenters. The standard InChI is InChI=1S/C28H30N2O5/c1-15-2-7-18(8-3-15)29-26(33)19-13-28(34)21-12-17-6-9-20(31)24-22(17)27(28,25(35-24)23(19)32)10-11-30(21)14-16-4-5-16/h2-3,6-9,16,19,21,25,31,34H,4-5,10-14H2,1H3,(H,29,33)/t19?,21-,25+,27+,28-/m1/s1. The van der Waals surface area contributed by atoms with Crippen LogP contribution < -0.4 is 10.1 Å². The van der Waals surface area contributed by atoms with E-state index in [4.69, 9.17) is 4.74 Å². The summed E-state index contributed by atoms with van der Waals surface area (Å²) >= 11 is 0. The highest BCUT2D eigenvalue weighted by atomic mass is 16.5. The van der Waals surface area contributed by atoms with Crippen LogP contribution in [0.15, 0.2) is 36.4 Å². The molecule has 182 valence electrons. The van der Waals surface area contributed by atoms with Crippen LogP contribution in [0.3, 0.4) is 0 Å². The minimum absolute atomic E-state index is 0.0119. The predicted octanol–water partition coefficient (Wildman–Crippen LogP) is 2.70. The number of hydrogen-bond donors (Lipinski definition) is 3. The van der Waals surface area contributed by atoms with Crippen molar-refractivity contribution in [3.05, 3.63) is 53.1 Å². The zero-order valence-corrected chi connectivity index (χ0v) is 19.8. The highest BCUT2D eigenvalue weighted by Crippen LogP contribution is 2.65. The molecule has 2 heterocycles. The first-order valence-corrected chi connectivity index (χ1v) is 12.7. The number of Topliss-reactive ketones (excluding diaryl/α,β-unsaturated/α-hetero) is 1. The molecule has 1 unspecified atom stereocenters. The zero-order chi connectivity index (χ0) is 24.1. The number of piperidine rings is 1. The zero-order valence-electron chi connectivity index (χ0n) is 19.8. The molecule has 1 saturated heterocycles. The number of aliphatic hydroxyl groups is 1. The third-order valence-electron chi connectivity index (χ3n) is 9.27. The number of amides is 1. The summed E-state index contributed by atoms with van der Waals surface area (Å²) < 4.78 is 6.20. The lowest BCUT2D eigenvalue weighted by atomic mass is 9.47. The Balaban J connectivity index is 1.32. The molecule has 2 bridgehead atoms. The number of phenolic OH excluding ortho intramolecular Hbond substituents is 1. The predicted molar refractivity (Wildman–Crippen MR) is 128 cm³/mol. The van der Waals surface area contributed by atoms with Gasteiger partial charge in [0.1, 0.15) is 5.92 Å². The molecule has 3 fully saturated rings. The quantitative estimate of drug-likeness (QED) is 0.590. The molecule has 0 aromatic heterocycles. The van der Waals surface area contributed by atoms with Crippen LogP contribution in [0.5, 0.6) is 11.5 Å². The highest BCUT2D eigenvalue weighted by molar-refractivity contribution is 6.10. The normalized spacial score (nSPS) is 34.8. The molecule has 35 heavy (non-hydrogen) atoms. The van der Waals surface area contributed by atoms with E-state index in [0.29, 0.717) is 30.2 Å². The molecular formula is C28H30N2O5. The molecule has 7 nitrogen and oxygen atoms in total. The molecule has 0 radical (unpaired) electrons. The summed E-state index contributed by atoms with van der Waals surface area (Å²) in [6, 6.07) is 10.8. The Morgan fingerprint density at radius 2 is 1.97 bits per heavy atom. The van der Waals surface area contributed by atoms with Gasteiger partial charge in [-0.25, -0.2) is 0 Å². The van der Waals surface area contributed by atoms with Gasteiger partial charge in [-0.15, -0.1) is 0 Å². The van der Waals surface area contributed by atoms with Crippen LogP contribution >= 0.6 is 0 Å². The summed E-state index contributed by atoms with van der Waals surface area (Å²) in [7, 11) is 0. The third kappa shape index (κ3) is 2.79. The molecule has 5 aliphatic rings. The van der Waals surface area contributed by atoms with Gasteiger partial charge in [-0.3, -0.25) is 14.5 Å². The highest BCUT2D eigenvalue weighted by Gasteiger charge is 2.75. The fraction of sp³-hybridized carbons (Fsp3) is 0.500. The largest absolute Gasteiger partial charge is 0.504 e. The summed E-state index contributed by atoms with van der Waals surface area (Å²) in [5.41, 5.74) is 1.28. The number of hydrogen-bond acceptors (Lipinski definition) is 6. The Bertz CT molecular complexity index is 1250. The second-order valence-electron chi connectivity index (χ2n) is 11.3. The van der Waals surface area contributed by atoms with Crippen LogP contribution in [0.2, 0.25) is 0 Å². The number of nitrogens with one attached hydrogen (secondary N) is 1. The average molecular weight is 475 g/mol. The molecule has 7 rings (SSSR count). The second-order valence-corrected chi connectivity index (χ2v) is 11.3. The van der Waals surface area contributed by atoms with E-state index in [1.165, 1.54) is 12.8 Å². The van der Waals surface area contributed by atoms with Crippen molar-refractivity contribution in [3.63, 3.8) is 0 Å². The van der Waals surface area contributed by atoms with Crippen molar-refractivity contribution in [2.75, 3.05) is 18.4 Å². The number of aromatic hydroxyl groups is 1. The van der Waals surface area contributed by atoms with Gasteiger partial charge < -0.3 is 20.3 Å². The van der Waals surface area contributed by atoms with Crippen LogP contribution in [0.4, 0.5) is 5.69 Å². The minimum Gasteiger partial charge on any atom is -0.504 e. The lowest BCUT2D eigenvalue weighted by Crippen LogP contribution is -2.78. The Kier molecular flexibility index (Phi) is 4.32. The van der Waals surface area contributed by atoms with Gasteiger partial charge >= 0.3 is 0 Å². The Labute approximate surface area is 204 Å². The third-order valence-corrected chi connectivity index (χ3v) is 9.27. The Hall–Kier alpha value is -2.90. The van der Waals surface area contributed by atoms with Crippen LogP contribution in [-0.4, -0.2) is 57.6 Å². The molecule has 2 aromatic rings. The lowest BCUT2D eigenvalue weighted by molar-refractivity contribution is -0.197. The fourth-order valence-electron chi connectivity index (χ4n) is 7.39. The van der Waals surface area contributed by atoms with Gasteiger partial charge in [0.2, 0.25) is 5.91 Å². The number of nitrogens with zero attached hydrogens (tertiary/aromatic N) is 1. The van der Waals surface area contributed by atoms with E-state index in [-0.39, 0.29) is 24.0 Å². The van der Waals surface area contributed by atoms with E-state index in [0.717, 1.165) is 29.8 Å². The van der Waals surface area contributed by atoms with E-state index in [1.54, 1.807) is 6.07 Å². The number of benzene rings is 2. The number of rotatable bonds is 4. The minimum atomic E-state index is -1.31. The van der Waals surface area contributed by atoms with Crippen molar-refractivity contribution in [2.24, 2.45) is 11.8 Å². The SMILES string of the molecule is Cc1ccc(NC(=O)C2C[C@@]3(O)[C@H]4Cc5ccc(O)c6c5[C@@]3(CCN4CC3CC3)[C@@H](O6)C2=O)cc1. The van der Waals surface area contributed by atoms with E-state index in [1.807, 2.05) is 37.3 Å². The van der Waals surface area contributed by atoms with Crippen molar-refractivity contribution in [2.45, 2.75) is 62.2 Å². The Morgan fingerprint density at radius 1 is 1.20 bits per heavy atom. The van der Waals surface area contributed by atoms with Crippen molar-refractivity contribution < 1.29 is 24.5 Å². The van der Waals surface area contributed by atoms with Crippen LogP contribution in [0.1, 0.15) is 42.4 Å². The number of ketones is 1. The van der Waals surface area contributed by atoms with Crippen molar-refractivity contribution in [1.82, 2.24) is 4.90 Å². The van der Waals surface area contributed by atoms with Gasteiger partial charge in [0.05, 0.1) is 11.0 Å². The molecule has 3 N–H and O–H groups in total. The van der Waals surface area contributed by atoms with Crippen molar-refractivity contribution >= 4 is 17.4 Å². The number of likely N-dealkylation sites (tertiary alicyclic amines) is 1. The van der Waals surface area contributed by atoms with Crippen molar-refractivity contribution in [3.8, 4) is 11.5 Å². The smallest absolute Gasteiger partial charge is 0.235 e. The molecule has 2 aliphatic heterocycles. The summed E-state index contributed by atoms with van der Waals surface area (Å²) in [4.78, 5) is 29.7. The van der Waals surface area contributed by atoms with Crippen molar-refractivity contribution in [1.29, 1.82) is 0 Å². The average Bonchev–Trinajstić information content (AvgIpc) is 3.57. The van der Waals surface area contributed by atoms with Gasteiger partial charge in [-0.1, -0.05) is 23.8 Å². The van der Waals surface area contributed by atoms with Gasteiger partial charge in [-0.2, -0.15) is 0 Å². The fourth-order valence-corrected chi connectivity index (χ4v) is 7.39. The van der Waals surface area contributed by atoms with Gasteiger partial charge in [0, 0.05) is 23.8 Å². The van der Waals surface area contributed by atoms with E-state index in [2.05, 4.69) is 10.2 Å². The van der Waals surface area contributed by atoms with E-state index in [9.17, 15) is 19.8 Å². The molecule has 7 heteroatoms. The maximum absolute atomic E-state index is 13.9. The molecule has 3 aliphatic carbocycles. The lowest BCUT2D eigenvalue weighted by Gasteiger charge is -2.63. The second kappa shape index (κ2) is 7.08. The molecule has 2 aromatic carbocycles. The number of carbonyl (C=O) groups excluding carboxylic acids is 2. The van der Waals surface area contributed by atoms with E-state index < -0.39 is 28.9 Å². The molecule has 2 saturated carbocycles. The molecule has 1 amide bonds. The van der Waals surface area contributed by atoms with Crippen LogP contribution in [0.25, 0.3) is 0 Å². The van der Waals surface area contributed by atoms with Crippen LogP contribution in [0, 0.1) is 18.8 Å². The maximum atomic E-state index is 13.9. The number of phenols is 1. The van der Waals surface area contributed by atoms with Gasteiger partial charge in [-0.05, 0) is 75.3 Å². The van der Waals surface area contributed by atoms with E-state index >= 15 is 0 Å². The van der Waals surface area contributed by atoms with Crippen LogP contribution in [-0.2, 0) is 21.4 Å². The first kappa shape index (κ1) is 21.4. The summed E-state index contributed by atoms with van der Waals surface area (Å²) in [6.45, 7) is 3.67. The summed E-state index contributed by atoms with van der Waals surface area (Å²) in [5, 5.41) is 26.1. The number of carbonyl (C=O) groups is 2. The molecular weight excluding hydrogens is 444 g/mol. The first-order valence-electron chi connectivity index (χ1n) is 12.7. The summed E-state index contributed by atoms with van der Waals surface area (Å²) in [5.74, 6) is -0.789. The maximum Gasteiger partial charge on any atom is 0.235 e. The van der Waals surface area contributed by atoms with Gasteiger partial charge in [0.25, 0.3) is 0 Å². The summed E-state index contributed by atoms with van der Waals surface area (Å²) in [6.07, 6.45) is 2.69. The first-order chi connectivity index (χ1) is 16.8. The Morgan fingerprint density at radius 3 is 2.71 bits per heavy atom. The topological polar surface area (TPSA) is 99.1 Å². The van der Waals surface area contributed by atoms with Gasteiger partial charge in [0.15, 0.2) is 23.4 Å².